The number of hydrogen-bond donors (Lipinski definition) is 3. The van der Waals surface area contributed by atoms with Gasteiger partial charge in [-0.1, -0.05) is 12.1 Å². The molecule has 5 nitrogen and oxygen atoms in total. The predicted molar refractivity (Wildman–Crippen MR) is 58.8 cm³/mol. The van der Waals surface area contributed by atoms with Gasteiger partial charge in [0, 0.05) is 6.42 Å². The van der Waals surface area contributed by atoms with E-state index >= 15 is 0 Å². The van der Waals surface area contributed by atoms with E-state index in [1.807, 2.05) is 5.09 Å². The van der Waals surface area contributed by atoms with E-state index in [9.17, 15) is 13.8 Å². The molecule has 1 aromatic rings. The first-order chi connectivity index (χ1) is 7.37. The average Bonchev–Trinajstić information content (AvgIpc) is 2.12. The molecule has 5 N–H and O–H groups in total. The molecule has 0 aromatic heterocycles. The smallest absolute Gasteiger partial charge is 0.283 e. The van der Waals surface area contributed by atoms with Crippen molar-refractivity contribution in [3.8, 4) is 0 Å². The van der Waals surface area contributed by atoms with Crippen LogP contribution >= 0.6 is 7.59 Å². The molecule has 0 bridgehead atoms. The lowest BCUT2D eigenvalue weighted by Gasteiger charge is -2.08. The van der Waals surface area contributed by atoms with Crippen molar-refractivity contribution in [3.05, 3.63) is 35.6 Å². The Kier molecular flexibility index (Phi) is 4.18. The summed E-state index contributed by atoms with van der Waals surface area (Å²) in [5.74, 6) is -0.876. The zero-order valence-electron chi connectivity index (χ0n) is 8.52. The number of rotatable bonds is 4. The Hall–Kier alpha value is -1.23. The minimum Gasteiger partial charge on any atom is -0.283 e. The first-order valence-corrected chi connectivity index (χ1v) is 6.44. The molecular weight excluding hydrogens is 232 g/mol. The van der Waals surface area contributed by atoms with Crippen LogP contribution in [0.3, 0.4) is 0 Å². The van der Waals surface area contributed by atoms with Gasteiger partial charge in [-0.2, -0.15) is 0 Å². The number of carbonyl (C=O) groups excluding carboxylic acids is 1. The highest BCUT2D eigenvalue weighted by Crippen LogP contribution is 2.17. The normalized spacial score (nSPS) is 11.2. The molecule has 0 saturated carbocycles. The van der Waals surface area contributed by atoms with Gasteiger partial charge in [0.2, 0.25) is 5.91 Å². The summed E-state index contributed by atoms with van der Waals surface area (Å²) in [6, 6.07) is 5.90. The van der Waals surface area contributed by atoms with Crippen LogP contribution in [0.2, 0.25) is 0 Å². The van der Waals surface area contributed by atoms with Crippen molar-refractivity contribution in [1.82, 2.24) is 5.09 Å². The third-order valence-corrected chi connectivity index (χ3v) is 2.43. The molecule has 0 heterocycles. The third kappa shape index (κ3) is 5.02. The van der Waals surface area contributed by atoms with Crippen LogP contribution in [-0.2, 0) is 15.8 Å². The number of hydrogen-bond acceptors (Lipinski definition) is 2. The molecule has 0 aliphatic rings. The quantitative estimate of drug-likeness (QED) is 0.686. The van der Waals surface area contributed by atoms with Crippen molar-refractivity contribution in [1.29, 1.82) is 0 Å². The van der Waals surface area contributed by atoms with Crippen molar-refractivity contribution < 1.29 is 13.8 Å². The number of halogens is 1. The van der Waals surface area contributed by atoms with E-state index in [1.54, 1.807) is 12.1 Å². The summed E-state index contributed by atoms with van der Waals surface area (Å²) in [4.78, 5) is 11.2. The van der Waals surface area contributed by atoms with Gasteiger partial charge in [-0.25, -0.2) is 4.39 Å². The van der Waals surface area contributed by atoms with Crippen molar-refractivity contribution in [2.75, 3.05) is 0 Å². The molecule has 0 atom stereocenters. The predicted octanol–water partition coefficient (Wildman–Crippen LogP) is 0.900. The first kappa shape index (κ1) is 12.8. The molecule has 0 spiro atoms. The Balaban J connectivity index is 2.46. The van der Waals surface area contributed by atoms with Crippen LogP contribution in [0.1, 0.15) is 12.0 Å². The second-order valence-electron chi connectivity index (χ2n) is 3.37. The molecule has 0 unspecified atom stereocenters. The second kappa shape index (κ2) is 5.21. The van der Waals surface area contributed by atoms with Crippen LogP contribution in [0.4, 0.5) is 4.39 Å². The van der Waals surface area contributed by atoms with Gasteiger partial charge < -0.3 is 0 Å². The lowest BCUT2D eigenvalue weighted by atomic mass is 10.1. The molecule has 88 valence electrons. The lowest BCUT2D eigenvalue weighted by Crippen LogP contribution is -2.28. The lowest BCUT2D eigenvalue weighted by molar-refractivity contribution is -0.119. The van der Waals surface area contributed by atoms with Gasteiger partial charge in [0.25, 0.3) is 7.59 Å². The molecule has 1 amide bonds. The summed E-state index contributed by atoms with van der Waals surface area (Å²) in [6.45, 7) is 0. The van der Waals surface area contributed by atoms with Crippen LogP contribution in [-0.4, -0.2) is 5.91 Å². The fourth-order valence-corrected chi connectivity index (χ4v) is 1.70. The number of carbonyl (C=O) groups is 1. The van der Waals surface area contributed by atoms with Crippen molar-refractivity contribution >= 4 is 13.5 Å². The molecule has 0 fully saturated rings. The molecule has 7 heteroatoms. The summed E-state index contributed by atoms with van der Waals surface area (Å²) >= 11 is 0. The van der Waals surface area contributed by atoms with Gasteiger partial charge in [0.05, 0.1) is 0 Å². The molecular formula is C9H13FN3O2P. The summed E-state index contributed by atoms with van der Waals surface area (Å²) in [6.07, 6.45) is 0.394. The van der Waals surface area contributed by atoms with Crippen LogP contribution in [0, 0.1) is 5.82 Å². The summed E-state index contributed by atoms with van der Waals surface area (Å²) in [7, 11) is -3.53. The monoisotopic (exact) mass is 245 g/mol. The molecule has 0 aliphatic heterocycles. The van der Waals surface area contributed by atoms with E-state index in [2.05, 4.69) is 0 Å². The number of nitrogens with one attached hydrogen (secondary N) is 1. The highest BCUT2D eigenvalue weighted by atomic mass is 31.2. The van der Waals surface area contributed by atoms with Gasteiger partial charge in [0.15, 0.2) is 0 Å². The van der Waals surface area contributed by atoms with Gasteiger partial charge in [0.1, 0.15) is 5.82 Å². The summed E-state index contributed by atoms with van der Waals surface area (Å²) in [5.41, 5.74) is 10.6. The van der Waals surface area contributed by atoms with Crippen LogP contribution in [0.5, 0.6) is 0 Å². The van der Waals surface area contributed by atoms with Crippen molar-refractivity contribution in [2.24, 2.45) is 11.0 Å². The maximum absolute atomic E-state index is 12.8. The third-order valence-electron chi connectivity index (χ3n) is 1.83. The zero-order chi connectivity index (χ0) is 12.2. The minimum absolute atomic E-state index is 0.0574. The Morgan fingerprint density at radius 2 is 2.12 bits per heavy atom. The molecule has 1 aromatic carbocycles. The van der Waals surface area contributed by atoms with Gasteiger partial charge in [-0.15, -0.1) is 0 Å². The number of nitrogens with two attached hydrogens (primary N) is 2. The van der Waals surface area contributed by atoms with Crippen molar-refractivity contribution in [2.45, 2.75) is 12.8 Å². The average molecular weight is 245 g/mol. The standard InChI is InChI=1S/C9H13FN3O2P/c10-8-3-1-2-7(6-8)4-5-9(14)13-16(11,12)15/h1-3,6H,4-5H2,(H5,11,12,13,14,15). The van der Waals surface area contributed by atoms with Crippen LogP contribution in [0.25, 0.3) is 0 Å². The fraction of sp³-hybridized carbons (Fsp3) is 0.222. The highest BCUT2D eigenvalue weighted by Gasteiger charge is 2.12. The Morgan fingerprint density at radius 3 is 2.69 bits per heavy atom. The molecule has 0 radical (unpaired) electrons. The molecule has 16 heavy (non-hydrogen) atoms. The van der Waals surface area contributed by atoms with E-state index in [4.69, 9.17) is 11.0 Å². The number of benzene rings is 1. The number of amides is 1. The Bertz CT molecular complexity index is 433. The zero-order valence-corrected chi connectivity index (χ0v) is 9.41. The Morgan fingerprint density at radius 1 is 1.44 bits per heavy atom. The van der Waals surface area contributed by atoms with Crippen LogP contribution < -0.4 is 16.1 Å². The number of aryl methyl sites for hydroxylation is 1. The maximum atomic E-state index is 12.8. The molecule has 0 saturated heterocycles. The molecule has 0 aliphatic carbocycles. The first-order valence-electron chi connectivity index (χ1n) is 4.59. The largest absolute Gasteiger partial charge is 0.300 e. The van der Waals surface area contributed by atoms with Gasteiger partial charge in [-0.05, 0) is 24.1 Å². The van der Waals surface area contributed by atoms with E-state index in [1.165, 1.54) is 12.1 Å². The maximum Gasteiger partial charge on any atom is 0.300 e. The fourth-order valence-electron chi connectivity index (χ4n) is 1.20. The highest BCUT2D eigenvalue weighted by molar-refractivity contribution is 7.57. The van der Waals surface area contributed by atoms with Gasteiger partial charge >= 0.3 is 0 Å². The topological polar surface area (TPSA) is 98.2 Å². The van der Waals surface area contributed by atoms with E-state index in [-0.39, 0.29) is 12.2 Å². The van der Waals surface area contributed by atoms with E-state index in [0.717, 1.165) is 0 Å². The summed E-state index contributed by atoms with van der Waals surface area (Å²) in [5, 5.41) is 1.98. The van der Waals surface area contributed by atoms with Crippen LogP contribution in [0.15, 0.2) is 24.3 Å². The minimum atomic E-state index is -3.53. The second-order valence-corrected chi connectivity index (χ2v) is 5.02. The van der Waals surface area contributed by atoms with E-state index < -0.39 is 13.5 Å². The SMILES string of the molecule is NP(N)(=O)NC(=O)CCc1cccc(F)c1. The van der Waals surface area contributed by atoms with Gasteiger partial charge in [-0.3, -0.25) is 25.5 Å². The van der Waals surface area contributed by atoms with Crippen molar-refractivity contribution in [3.63, 3.8) is 0 Å². The molecule has 1 rings (SSSR count). The Labute approximate surface area is 92.5 Å². The van der Waals surface area contributed by atoms with E-state index in [0.29, 0.717) is 12.0 Å². The summed E-state index contributed by atoms with van der Waals surface area (Å²) < 4.78 is 23.6.